The summed E-state index contributed by atoms with van der Waals surface area (Å²) < 4.78 is 40.1. The highest BCUT2D eigenvalue weighted by Gasteiger charge is 2.34. The van der Waals surface area contributed by atoms with E-state index in [0.29, 0.717) is 5.75 Å². The summed E-state index contributed by atoms with van der Waals surface area (Å²) in [5, 5.41) is 2.93. The van der Waals surface area contributed by atoms with Crippen molar-refractivity contribution in [3.05, 3.63) is 83.9 Å². The first kappa shape index (κ1) is 31.5. The van der Waals surface area contributed by atoms with E-state index in [9.17, 15) is 18.0 Å². The number of hydrogen-bond donors (Lipinski definition) is 1. The average Bonchev–Trinajstić information content (AvgIpc) is 2.98. The van der Waals surface area contributed by atoms with Gasteiger partial charge >= 0.3 is 0 Å². The van der Waals surface area contributed by atoms with Crippen molar-refractivity contribution in [1.82, 2.24) is 10.2 Å². The van der Waals surface area contributed by atoms with Crippen LogP contribution in [-0.4, -0.2) is 58.0 Å². The van der Waals surface area contributed by atoms with Crippen molar-refractivity contribution in [1.29, 1.82) is 0 Å². The van der Waals surface area contributed by atoms with Gasteiger partial charge in [-0.2, -0.15) is 0 Å². The highest BCUT2D eigenvalue weighted by atomic mass is 32.2. The molecule has 10 heteroatoms. The van der Waals surface area contributed by atoms with Crippen LogP contribution in [0.25, 0.3) is 0 Å². The Bertz CT molecular complexity index is 1430. The van der Waals surface area contributed by atoms with E-state index in [1.807, 2.05) is 51.1 Å². The second-order valence-corrected chi connectivity index (χ2v) is 11.7. The predicted molar refractivity (Wildman–Crippen MR) is 160 cm³/mol. The van der Waals surface area contributed by atoms with Crippen molar-refractivity contribution in [2.45, 2.75) is 57.6 Å². The van der Waals surface area contributed by atoms with E-state index in [0.717, 1.165) is 21.9 Å². The Hall–Kier alpha value is -4.05. The molecular weight excluding hydrogens is 542 g/mol. The minimum absolute atomic E-state index is 0.0120. The predicted octanol–water partition coefficient (Wildman–Crippen LogP) is 4.54. The summed E-state index contributed by atoms with van der Waals surface area (Å²) in [5.41, 5.74) is 1.83. The van der Waals surface area contributed by atoms with E-state index in [2.05, 4.69) is 5.32 Å². The van der Waals surface area contributed by atoms with Gasteiger partial charge in [-0.15, -0.1) is 0 Å². The number of carbonyl (C=O) groups is 2. The third kappa shape index (κ3) is 7.79. The maximum atomic E-state index is 14.1. The number of ether oxygens (including phenoxy) is 2. The molecule has 3 rings (SSSR count). The molecule has 0 unspecified atom stereocenters. The Morgan fingerprint density at radius 2 is 1.59 bits per heavy atom. The number of carbonyl (C=O) groups excluding carboxylic acids is 2. The van der Waals surface area contributed by atoms with Gasteiger partial charge in [-0.25, -0.2) is 8.42 Å². The molecule has 0 radical (unpaired) electrons. The summed E-state index contributed by atoms with van der Waals surface area (Å²) in [5.74, 6) is -0.247. The number of anilines is 1. The largest absolute Gasteiger partial charge is 0.497 e. The smallest absolute Gasteiger partial charge is 0.264 e. The quantitative estimate of drug-likeness (QED) is 0.318. The molecule has 2 amide bonds. The zero-order valence-electron chi connectivity index (χ0n) is 24.5. The Balaban J connectivity index is 2.10. The van der Waals surface area contributed by atoms with Crippen LogP contribution in [0.5, 0.6) is 11.5 Å². The van der Waals surface area contributed by atoms with Gasteiger partial charge in [0.05, 0.1) is 24.8 Å². The number of nitrogens with one attached hydrogen (secondary N) is 1. The van der Waals surface area contributed by atoms with Gasteiger partial charge in [0, 0.05) is 18.7 Å². The van der Waals surface area contributed by atoms with E-state index in [-0.39, 0.29) is 34.8 Å². The second-order valence-electron chi connectivity index (χ2n) is 9.86. The lowest BCUT2D eigenvalue weighted by Gasteiger charge is -2.33. The highest BCUT2D eigenvalue weighted by molar-refractivity contribution is 7.92. The van der Waals surface area contributed by atoms with Gasteiger partial charge in [0.25, 0.3) is 10.0 Å². The number of amides is 2. The van der Waals surface area contributed by atoms with Crippen LogP contribution in [0, 0.1) is 6.92 Å². The van der Waals surface area contributed by atoms with Crippen molar-refractivity contribution in [3.8, 4) is 11.5 Å². The highest BCUT2D eigenvalue weighted by Crippen LogP contribution is 2.36. The summed E-state index contributed by atoms with van der Waals surface area (Å²) in [4.78, 5) is 28.7. The van der Waals surface area contributed by atoms with Gasteiger partial charge in [0.2, 0.25) is 11.8 Å². The second kappa shape index (κ2) is 14.0. The SMILES string of the molecule is CC[C@H](C)NC(=O)[C@@H](C)N(Cc1ccccc1)C(=O)CN(c1cc(OC)ccc1OC)S(=O)(=O)c1ccc(C)cc1. The molecule has 0 saturated carbocycles. The van der Waals surface area contributed by atoms with E-state index in [4.69, 9.17) is 9.47 Å². The molecule has 0 aliphatic heterocycles. The molecule has 0 aliphatic rings. The Kier molecular flexibility index (Phi) is 10.8. The van der Waals surface area contributed by atoms with Crippen molar-refractivity contribution in [2.24, 2.45) is 0 Å². The third-order valence-corrected chi connectivity index (χ3v) is 8.68. The van der Waals surface area contributed by atoms with Gasteiger partial charge in [0.15, 0.2) is 0 Å². The lowest BCUT2D eigenvalue weighted by molar-refractivity contribution is -0.139. The molecule has 0 aromatic heterocycles. The molecule has 0 saturated heterocycles. The van der Waals surface area contributed by atoms with E-state index >= 15 is 0 Å². The van der Waals surface area contributed by atoms with E-state index in [1.165, 1.54) is 37.3 Å². The van der Waals surface area contributed by atoms with Crippen molar-refractivity contribution >= 4 is 27.5 Å². The summed E-state index contributed by atoms with van der Waals surface area (Å²) in [6.45, 7) is 6.88. The number of aryl methyl sites for hydroxylation is 1. The summed E-state index contributed by atoms with van der Waals surface area (Å²) >= 11 is 0. The zero-order valence-corrected chi connectivity index (χ0v) is 25.3. The number of hydrogen-bond acceptors (Lipinski definition) is 6. The molecule has 3 aromatic rings. The Labute approximate surface area is 243 Å². The Morgan fingerprint density at radius 3 is 2.17 bits per heavy atom. The maximum absolute atomic E-state index is 14.1. The van der Waals surface area contributed by atoms with Crippen molar-refractivity contribution in [3.63, 3.8) is 0 Å². The van der Waals surface area contributed by atoms with E-state index in [1.54, 1.807) is 31.2 Å². The number of rotatable bonds is 13. The van der Waals surface area contributed by atoms with Crippen LogP contribution in [0.2, 0.25) is 0 Å². The molecule has 0 spiro atoms. The van der Waals surface area contributed by atoms with Crippen LogP contribution in [0.3, 0.4) is 0 Å². The first-order valence-corrected chi connectivity index (χ1v) is 14.9. The molecule has 0 heterocycles. The molecule has 0 aliphatic carbocycles. The number of sulfonamides is 1. The van der Waals surface area contributed by atoms with Crippen LogP contribution in [-0.2, 0) is 26.2 Å². The third-order valence-electron chi connectivity index (χ3n) is 6.91. The molecular formula is C31H39N3O6S. The van der Waals surface area contributed by atoms with E-state index < -0.39 is 28.5 Å². The Morgan fingerprint density at radius 1 is 0.927 bits per heavy atom. The topological polar surface area (TPSA) is 105 Å². The number of nitrogens with zero attached hydrogens (tertiary/aromatic N) is 2. The monoisotopic (exact) mass is 581 g/mol. The van der Waals surface area contributed by atoms with Crippen LogP contribution < -0.4 is 19.1 Å². The minimum atomic E-state index is -4.25. The molecule has 220 valence electrons. The summed E-state index contributed by atoms with van der Waals surface area (Å²) in [6.07, 6.45) is 0.725. The van der Waals surface area contributed by atoms with Crippen molar-refractivity contribution < 1.29 is 27.5 Å². The van der Waals surface area contributed by atoms with Crippen LogP contribution >= 0.6 is 0 Å². The molecule has 3 aromatic carbocycles. The zero-order chi connectivity index (χ0) is 30.2. The van der Waals surface area contributed by atoms with Gasteiger partial charge in [-0.3, -0.25) is 13.9 Å². The minimum Gasteiger partial charge on any atom is -0.497 e. The average molecular weight is 582 g/mol. The molecule has 0 fully saturated rings. The molecule has 1 N–H and O–H groups in total. The molecule has 2 atom stereocenters. The molecule has 0 bridgehead atoms. The number of benzene rings is 3. The van der Waals surface area contributed by atoms with Crippen molar-refractivity contribution in [2.75, 3.05) is 25.1 Å². The molecule has 9 nitrogen and oxygen atoms in total. The van der Waals surface area contributed by atoms with Crippen LogP contribution in [0.4, 0.5) is 5.69 Å². The van der Waals surface area contributed by atoms with Gasteiger partial charge < -0.3 is 19.7 Å². The molecule has 41 heavy (non-hydrogen) atoms. The fourth-order valence-corrected chi connectivity index (χ4v) is 5.59. The lowest BCUT2D eigenvalue weighted by Crippen LogP contribution is -2.52. The fraction of sp³-hybridized carbons (Fsp3) is 0.355. The summed E-state index contributed by atoms with van der Waals surface area (Å²) in [6, 6.07) is 19.4. The summed E-state index contributed by atoms with van der Waals surface area (Å²) in [7, 11) is -1.36. The normalized spacial score (nSPS) is 12.6. The first-order valence-electron chi connectivity index (χ1n) is 13.5. The lowest BCUT2D eigenvalue weighted by atomic mass is 10.1. The number of methoxy groups -OCH3 is 2. The van der Waals surface area contributed by atoms with Gasteiger partial charge in [0.1, 0.15) is 24.1 Å². The standard InChI is InChI=1S/C31H39N3O6S/c1-7-23(3)32-31(36)24(4)33(20-25-11-9-8-10-12-25)30(35)21-34(28-19-26(39-5)15-18-29(28)40-6)41(37,38)27-16-13-22(2)14-17-27/h8-19,23-24H,7,20-21H2,1-6H3,(H,32,36)/t23-,24+/m0/s1. The first-order chi connectivity index (χ1) is 19.5. The van der Waals surface area contributed by atoms with Crippen LogP contribution in [0.15, 0.2) is 77.7 Å². The fourth-order valence-electron chi connectivity index (χ4n) is 4.17. The van der Waals surface area contributed by atoms with Gasteiger partial charge in [-0.05, 0) is 57.0 Å². The van der Waals surface area contributed by atoms with Crippen LogP contribution in [0.1, 0.15) is 38.3 Å². The van der Waals surface area contributed by atoms with Gasteiger partial charge in [-0.1, -0.05) is 55.0 Å². The maximum Gasteiger partial charge on any atom is 0.264 e.